The van der Waals surface area contributed by atoms with Crippen LogP contribution in [0, 0.1) is 23.7 Å². The fourth-order valence-electron chi connectivity index (χ4n) is 7.25. The summed E-state index contributed by atoms with van der Waals surface area (Å²) in [5.41, 5.74) is 0.711. The monoisotopic (exact) mass is 576 g/mol. The van der Waals surface area contributed by atoms with Crippen molar-refractivity contribution in [2.75, 3.05) is 5.75 Å². The second-order valence-electron chi connectivity index (χ2n) is 13.1. The number of hydrogen-bond donors (Lipinski definition) is 0. The molecule has 1 aromatic rings. The minimum atomic E-state index is -3.47. The highest BCUT2D eigenvalue weighted by Gasteiger charge is 2.51. The summed E-state index contributed by atoms with van der Waals surface area (Å²) < 4.78 is 55.5. The number of hydrogen-bond acceptors (Lipinski definition) is 5. The number of rotatable bonds is 13. The van der Waals surface area contributed by atoms with Crippen LogP contribution in [0.25, 0.3) is 0 Å². The van der Waals surface area contributed by atoms with Crippen molar-refractivity contribution in [3.63, 3.8) is 0 Å². The molecular weight excluding hydrogens is 520 g/mol. The molecule has 5 nitrogen and oxygen atoms in total. The maximum Gasteiger partial charge on any atom is 0.178 e. The molecule has 0 aromatic heterocycles. The third-order valence-electron chi connectivity index (χ3n) is 10.2. The molecule has 226 valence electrons. The van der Waals surface area contributed by atoms with E-state index in [0.717, 1.165) is 50.5 Å². The van der Waals surface area contributed by atoms with E-state index in [1.165, 1.54) is 0 Å². The lowest BCUT2D eigenvalue weighted by molar-refractivity contribution is -0.170. The van der Waals surface area contributed by atoms with Crippen molar-refractivity contribution in [2.24, 2.45) is 23.7 Å². The van der Waals surface area contributed by atoms with E-state index in [0.29, 0.717) is 17.2 Å². The van der Waals surface area contributed by atoms with E-state index in [-0.39, 0.29) is 59.6 Å². The van der Waals surface area contributed by atoms with Gasteiger partial charge in [-0.3, -0.25) is 0 Å². The van der Waals surface area contributed by atoms with Gasteiger partial charge in [0.2, 0.25) is 0 Å². The van der Waals surface area contributed by atoms with E-state index in [4.69, 9.17) is 15.6 Å². The largest absolute Gasteiger partial charge is 0.374 e. The van der Waals surface area contributed by atoms with Crippen LogP contribution in [0.1, 0.15) is 101 Å². The second-order valence-corrected chi connectivity index (χ2v) is 15.1. The molecule has 40 heavy (non-hydrogen) atoms. The zero-order valence-electron chi connectivity index (χ0n) is 26.7. The lowest BCUT2D eigenvalue weighted by atomic mass is 9.81. The van der Waals surface area contributed by atoms with Gasteiger partial charge < -0.3 is 14.2 Å². The Morgan fingerprint density at radius 2 is 1.82 bits per heavy atom. The third-order valence-corrected chi connectivity index (χ3v) is 12.0. The fraction of sp³-hybridized carbons (Fsp3) is 0.765. The SMILES string of the molecule is [3H][C@@H](CC1O[C@H](CC(C)CC)[C@H](C)[C@H]1CS(=O)(=O)c1ccccc1)C(=C)[C@H](C)C[C@H]1CC[C@@H]2O[C@@H](C)C[C@]2(CC)O1. The predicted octanol–water partition coefficient (Wildman–Crippen LogP) is 7.78. The maximum atomic E-state index is 13.4. The second kappa shape index (κ2) is 13.4. The number of fused-ring (bicyclic) bond motifs is 1. The molecule has 2 unspecified atom stereocenters. The highest BCUT2D eigenvalue weighted by Crippen LogP contribution is 2.45. The first-order valence-electron chi connectivity index (χ1n) is 16.3. The molecule has 1 aromatic carbocycles. The Morgan fingerprint density at radius 1 is 1.10 bits per heavy atom. The van der Waals surface area contributed by atoms with Crippen LogP contribution in [0.3, 0.4) is 0 Å². The zero-order chi connectivity index (χ0) is 29.9. The predicted molar refractivity (Wildman–Crippen MR) is 162 cm³/mol. The van der Waals surface area contributed by atoms with Crippen LogP contribution in [0.5, 0.6) is 0 Å². The molecule has 0 bridgehead atoms. The summed E-state index contributed by atoms with van der Waals surface area (Å²) in [5.74, 6) is 0.636. The van der Waals surface area contributed by atoms with E-state index in [1.54, 1.807) is 24.3 Å². The van der Waals surface area contributed by atoms with Gasteiger partial charge in [0.1, 0.15) is 0 Å². The van der Waals surface area contributed by atoms with Crippen LogP contribution in [0.2, 0.25) is 0 Å². The molecule has 3 saturated heterocycles. The summed E-state index contributed by atoms with van der Waals surface area (Å²) in [5, 5.41) is 0. The molecule has 0 radical (unpaired) electrons. The molecule has 3 heterocycles. The number of allylic oxidation sites excluding steroid dienone is 1. The Labute approximate surface area is 245 Å². The quantitative estimate of drug-likeness (QED) is 0.224. The van der Waals surface area contributed by atoms with Crippen LogP contribution in [-0.4, -0.2) is 50.3 Å². The van der Waals surface area contributed by atoms with Gasteiger partial charge in [-0.1, -0.05) is 71.4 Å². The van der Waals surface area contributed by atoms with Crippen molar-refractivity contribution in [3.8, 4) is 0 Å². The van der Waals surface area contributed by atoms with Gasteiger partial charge in [-0.05, 0) is 81.7 Å². The van der Waals surface area contributed by atoms with Crippen LogP contribution in [0.15, 0.2) is 47.4 Å². The summed E-state index contributed by atoms with van der Waals surface area (Å²) in [7, 11) is -3.47. The van der Waals surface area contributed by atoms with Gasteiger partial charge in [0.05, 0.1) is 46.8 Å². The normalized spacial score (nSPS) is 37.0. The standard InChI is InChI=1S/C34H54O5S/c1-8-23(3)19-32-27(7)30(22-40(35,36)29-13-11-10-12-14-29)31(38-32)17-15-24(4)25(5)20-28-16-18-33-34(9-2,39-28)21-26(6)37-33/h10-14,23,25-28,30-33H,4,8-9,15-22H2,1-3,5-7H3/t23?,25-,26+,27-,28-,30-,31?,32-,33+,34+/m1/s1/i15T/t15-,23?,25+,26-,27+,28+,30+,31?,32+,33-,34-/m0. The molecule has 0 spiro atoms. The van der Waals surface area contributed by atoms with E-state index in [9.17, 15) is 8.42 Å². The molecule has 3 fully saturated rings. The highest BCUT2D eigenvalue weighted by atomic mass is 32.2. The van der Waals surface area contributed by atoms with Crippen LogP contribution in [-0.2, 0) is 24.0 Å². The summed E-state index contributed by atoms with van der Waals surface area (Å²) >= 11 is 0. The van der Waals surface area contributed by atoms with Gasteiger partial charge >= 0.3 is 0 Å². The topological polar surface area (TPSA) is 61.8 Å². The molecule has 6 heteroatoms. The summed E-state index contributed by atoms with van der Waals surface area (Å²) in [6, 6.07) is 8.73. The molecule has 3 aliphatic rings. The van der Waals surface area contributed by atoms with E-state index in [2.05, 4.69) is 48.1 Å². The van der Waals surface area contributed by atoms with E-state index in [1.807, 2.05) is 6.07 Å². The third kappa shape index (κ3) is 7.22. The van der Waals surface area contributed by atoms with Crippen LogP contribution < -0.4 is 0 Å². The maximum absolute atomic E-state index is 13.4. The smallest absolute Gasteiger partial charge is 0.178 e. The molecule has 4 rings (SSSR count). The van der Waals surface area contributed by atoms with Gasteiger partial charge in [0.25, 0.3) is 0 Å². The summed E-state index contributed by atoms with van der Waals surface area (Å²) in [4.78, 5) is 0.360. The van der Waals surface area contributed by atoms with Crippen molar-refractivity contribution in [1.29, 1.82) is 0 Å². The van der Waals surface area contributed by atoms with Crippen LogP contribution >= 0.6 is 0 Å². The first-order valence-corrected chi connectivity index (χ1v) is 17.4. The van der Waals surface area contributed by atoms with Crippen molar-refractivity contribution >= 4 is 9.84 Å². The van der Waals surface area contributed by atoms with Crippen molar-refractivity contribution in [3.05, 3.63) is 42.5 Å². The number of ether oxygens (including phenoxy) is 3. The van der Waals surface area contributed by atoms with E-state index >= 15 is 0 Å². The molecule has 11 atom stereocenters. The average molecular weight is 577 g/mol. The van der Waals surface area contributed by atoms with E-state index < -0.39 is 16.2 Å². The minimum Gasteiger partial charge on any atom is -0.374 e. The lowest BCUT2D eigenvalue weighted by Gasteiger charge is -2.42. The molecule has 0 aliphatic carbocycles. The van der Waals surface area contributed by atoms with Gasteiger partial charge in [-0.2, -0.15) is 0 Å². The van der Waals surface area contributed by atoms with Crippen LogP contribution in [0.4, 0.5) is 0 Å². The molecule has 3 aliphatic heterocycles. The first-order chi connectivity index (χ1) is 19.4. The Bertz CT molecular complexity index is 1110. The molecule has 0 N–H and O–H groups in total. The summed E-state index contributed by atoms with van der Waals surface area (Å²) in [6.45, 7) is 17.4. The lowest BCUT2D eigenvalue weighted by Crippen LogP contribution is -2.48. The average Bonchev–Trinajstić information content (AvgIpc) is 3.43. The molecular formula is C34H54O5S. The van der Waals surface area contributed by atoms with Gasteiger partial charge in [0.15, 0.2) is 9.84 Å². The summed E-state index contributed by atoms with van der Waals surface area (Å²) in [6.07, 6.45) is 6.98. The zero-order valence-corrected chi connectivity index (χ0v) is 26.5. The minimum absolute atomic E-state index is 0.00801. The number of sulfone groups is 1. The highest BCUT2D eigenvalue weighted by molar-refractivity contribution is 7.91. The molecule has 0 amide bonds. The fourth-order valence-corrected chi connectivity index (χ4v) is 9.04. The Morgan fingerprint density at radius 3 is 2.50 bits per heavy atom. The van der Waals surface area contributed by atoms with Crippen molar-refractivity contribution in [1.82, 2.24) is 0 Å². The first kappa shape index (κ1) is 30.3. The van der Waals surface area contributed by atoms with Gasteiger partial charge in [-0.25, -0.2) is 8.42 Å². The Kier molecular flexibility index (Phi) is 10.1. The van der Waals surface area contributed by atoms with Gasteiger partial charge in [-0.15, -0.1) is 0 Å². The van der Waals surface area contributed by atoms with Crippen molar-refractivity contribution < 1.29 is 24.0 Å². The Balaban J connectivity index is 1.42. The molecule has 0 saturated carbocycles. The number of benzene rings is 1. The Hall–Kier alpha value is -1.21. The van der Waals surface area contributed by atoms with Crippen molar-refractivity contribution in [2.45, 2.75) is 140 Å². The van der Waals surface area contributed by atoms with Gasteiger partial charge in [0, 0.05) is 13.7 Å².